The Hall–Kier alpha value is 1.82. The first-order valence-corrected chi connectivity index (χ1v) is 1.16. The van der Waals surface area contributed by atoms with Crippen molar-refractivity contribution in [1.82, 2.24) is 0 Å². The molecule has 0 bridgehead atoms. The molecule has 9 heteroatoms. The zero-order chi connectivity index (χ0) is 4.28. The van der Waals surface area contributed by atoms with Crippen LogP contribution in [0.25, 0.3) is 0 Å². The van der Waals surface area contributed by atoms with Gasteiger partial charge in [-0.25, -0.2) is 0 Å². The van der Waals surface area contributed by atoms with Crippen LogP contribution in [0.15, 0.2) is 0 Å². The summed E-state index contributed by atoms with van der Waals surface area (Å²) < 4.78 is 3.86. The van der Waals surface area contributed by atoms with Crippen molar-refractivity contribution in [2.75, 3.05) is 7.11 Å². The van der Waals surface area contributed by atoms with Gasteiger partial charge in [-0.2, -0.15) is 0 Å². The van der Waals surface area contributed by atoms with Crippen LogP contribution in [0.4, 0.5) is 0 Å². The molecule has 0 unspecified atom stereocenters. The van der Waals surface area contributed by atoms with Gasteiger partial charge in [0.1, 0.15) is 0 Å². The van der Waals surface area contributed by atoms with E-state index in [2.05, 4.69) is 4.65 Å². The first kappa shape index (κ1) is 40.9. The Bertz CT molecular complexity index is 34.5. The minimum Gasteiger partial charge on any atom is -1.00 e. The van der Waals surface area contributed by atoms with E-state index in [1.165, 1.54) is 7.11 Å². The van der Waals surface area contributed by atoms with E-state index in [1.54, 1.807) is 0 Å². The van der Waals surface area contributed by atoms with E-state index < -0.39 is 7.32 Å². The van der Waals surface area contributed by atoms with Crippen LogP contribution in [0.3, 0.4) is 0 Å². The summed E-state index contributed by atoms with van der Waals surface area (Å²) in [6, 6.07) is 0. The number of halogens is 4. The predicted octanol–water partition coefficient (Wildman–Crippen LogP) is -13.4. The van der Waals surface area contributed by atoms with Gasteiger partial charge in [-0.15, -0.1) is 0 Å². The Labute approximate surface area is 100.0 Å². The zero-order valence-corrected chi connectivity index (χ0v) is 9.48. The Kier molecular flexibility index (Phi) is 126. The number of hydrogen-bond donors (Lipinski definition) is 2. The minimum absolute atomic E-state index is 0. The molecule has 2 N–H and O–H groups in total. The SMILES string of the molecule is COB(O)O.[Cl-].[Cl-].[Cl-].[Cl-].[Ti+4]. The van der Waals surface area contributed by atoms with Gasteiger partial charge < -0.3 is 64.3 Å². The van der Waals surface area contributed by atoms with Crippen molar-refractivity contribution in [3.8, 4) is 0 Å². The monoisotopic (exact) mass is 264 g/mol. The second-order valence-electron chi connectivity index (χ2n) is 0.562. The van der Waals surface area contributed by atoms with Crippen molar-refractivity contribution >= 4 is 7.32 Å². The first-order valence-electron chi connectivity index (χ1n) is 1.16. The molecule has 0 aromatic carbocycles. The Balaban J connectivity index is -0.00000000800. The van der Waals surface area contributed by atoms with Crippen molar-refractivity contribution in [1.29, 1.82) is 0 Å². The maximum atomic E-state index is 7.69. The minimum atomic E-state index is -1.62. The molecule has 3 nitrogen and oxygen atoms in total. The van der Waals surface area contributed by atoms with Crippen LogP contribution >= 0.6 is 0 Å². The summed E-state index contributed by atoms with van der Waals surface area (Å²) in [6.07, 6.45) is 0. The summed E-state index contributed by atoms with van der Waals surface area (Å²) >= 11 is 0. The van der Waals surface area contributed by atoms with E-state index in [4.69, 9.17) is 10.0 Å². The van der Waals surface area contributed by atoms with Crippen LogP contribution in [-0.2, 0) is 26.4 Å². The molecule has 0 aliphatic rings. The van der Waals surface area contributed by atoms with Crippen LogP contribution in [0.2, 0.25) is 0 Å². The van der Waals surface area contributed by atoms with E-state index in [-0.39, 0.29) is 71.3 Å². The average molecular weight is 266 g/mol. The third-order valence-corrected chi connectivity index (χ3v) is 0.211. The Morgan fingerprint density at radius 3 is 1.10 bits per heavy atom. The van der Waals surface area contributed by atoms with Gasteiger partial charge in [0, 0.05) is 7.11 Å². The van der Waals surface area contributed by atoms with Gasteiger partial charge in [-0.3, -0.25) is 0 Å². The third-order valence-electron chi connectivity index (χ3n) is 0.211. The van der Waals surface area contributed by atoms with E-state index in [9.17, 15) is 0 Å². The zero-order valence-electron chi connectivity index (χ0n) is 4.89. The van der Waals surface area contributed by atoms with Crippen molar-refractivity contribution in [3.63, 3.8) is 0 Å². The number of hydrogen-bond acceptors (Lipinski definition) is 3. The molecule has 0 spiro atoms. The van der Waals surface area contributed by atoms with Crippen molar-refractivity contribution in [3.05, 3.63) is 0 Å². The van der Waals surface area contributed by atoms with E-state index in [0.717, 1.165) is 0 Å². The van der Waals surface area contributed by atoms with Crippen molar-refractivity contribution < 1.29 is 86.0 Å². The van der Waals surface area contributed by atoms with E-state index in [0.29, 0.717) is 0 Å². The van der Waals surface area contributed by atoms with Gasteiger partial charge in [0.2, 0.25) is 0 Å². The summed E-state index contributed by atoms with van der Waals surface area (Å²) in [5.41, 5.74) is 0. The second-order valence-corrected chi connectivity index (χ2v) is 0.562. The van der Waals surface area contributed by atoms with Gasteiger partial charge in [0.25, 0.3) is 0 Å². The van der Waals surface area contributed by atoms with Gasteiger partial charge in [0.15, 0.2) is 0 Å². The molecule has 0 saturated carbocycles. The van der Waals surface area contributed by atoms with Gasteiger partial charge in [-0.05, 0) is 0 Å². The van der Waals surface area contributed by atoms with Gasteiger partial charge >= 0.3 is 29.0 Å². The molecule has 0 rings (SSSR count). The normalized spacial score (nSPS) is 3.90. The largest absolute Gasteiger partial charge is 4.00 e. The summed E-state index contributed by atoms with van der Waals surface area (Å²) in [6.45, 7) is 0. The smallest absolute Gasteiger partial charge is 1.00 e. The fourth-order valence-corrected chi connectivity index (χ4v) is 0. The Morgan fingerprint density at radius 2 is 1.10 bits per heavy atom. The molecule has 10 heavy (non-hydrogen) atoms. The standard InChI is InChI=1S/CH5BO3.4ClH.Ti/c1-5-2(3)4;;;;;/h3-4H,1H3;4*1H;/q;;;;;+4/p-4. The van der Waals surface area contributed by atoms with E-state index in [1.807, 2.05) is 0 Å². The molecule has 62 valence electrons. The molecular formula is CH5BCl4O3Ti. The van der Waals surface area contributed by atoms with Crippen LogP contribution in [0.1, 0.15) is 0 Å². The van der Waals surface area contributed by atoms with Crippen LogP contribution in [0.5, 0.6) is 0 Å². The van der Waals surface area contributed by atoms with Crippen LogP contribution < -0.4 is 49.6 Å². The maximum Gasteiger partial charge on any atom is 4.00 e. The predicted molar refractivity (Wildman–Crippen MR) is 17.2 cm³/mol. The van der Waals surface area contributed by atoms with Crippen molar-refractivity contribution in [2.45, 2.75) is 0 Å². The molecule has 0 saturated heterocycles. The van der Waals surface area contributed by atoms with Gasteiger partial charge in [-0.1, -0.05) is 0 Å². The molecule has 0 atom stereocenters. The molecule has 0 heterocycles. The molecule has 0 aliphatic carbocycles. The molecule has 0 aromatic heterocycles. The molecule has 0 aliphatic heterocycles. The topological polar surface area (TPSA) is 49.7 Å². The first-order chi connectivity index (χ1) is 2.27. The molecule has 0 amide bonds. The third kappa shape index (κ3) is 52.4. The molecular weight excluding hydrogens is 260 g/mol. The number of rotatable bonds is 1. The average Bonchev–Trinajstić information content (AvgIpc) is 1.38. The van der Waals surface area contributed by atoms with Crippen molar-refractivity contribution in [2.24, 2.45) is 0 Å². The van der Waals surface area contributed by atoms with Crippen LogP contribution in [-0.4, -0.2) is 24.5 Å². The van der Waals surface area contributed by atoms with Gasteiger partial charge in [0.05, 0.1) is 0 Å². The fraction of sp³-hybridized carbons (Fsp3) is 1.00. The quantitative estimate of drug-likeness (QED) is 0.463. The summed E-state index contributed by atoms with van der Waals surface area (Å²) in [7, 11) is -0.417. The summed E-state index contributed by atoms with van der Waals surface area (Å²) in [5, 5.41) is 15.4. The van der Waals surface area contributed by atoms with Crippen LogP contribution in [0, 0.1) is 0 Å². The summed E-state index contributed by atoms with van der Waals surface area (Å²) in [5.74, 6) is 0. The summed E-state index contributed by atoms with van der Waals surface area (Å²) in [4.78, 5) is 0. The fourth-order valence-electron chi connectivity index (χ4n) is 0. The van der Waals surface area contributed by atoms with E-state index >= 15 is 0 Å². The second kappa shape index (κ2) is 30.8. The maximum absolute atomic E-state index is 7.69. The molecule has 0 radical (unpaired) electrons. The molecule has 0 fully saturated rings. The molecule has 0 aromatic rings. The Morgan fingerprint density at radius 1 is 1.00 bits per heavy atom.